The zero-order valence-corrected chi connectivity index (χ0v) is 18.7. The Morgan fingerprint density at radius 3 is 2.88 bits per heavy atom. The number of carbonyl (C=O) groups is 1. The fourth-order valence-electron chi connectivity index (χ4n) is 3.74. The van der Waals surface area contributed by atoms with Gasteiger partial charge in [-0.05, 0) is 32.0 Å². The van der Waals surface area contributed by atoms with Gasteiger partial charge in [0.2, 0.25) is 0 Å². The molecule has 1 fully saturated rings. The van der Waals surface area contributed by atoms with E-state index >= 15 is 0 Å². The summed E-state index contributed by atoms with van der Waals surface area (Å²) in [5.41, 5.74) is 3.07. The van der Waals surface area contributed by atoms with Gasteiger partial charge in [-0.15, -0.1) is 0 Å². The fraction of sp³-hybridized carbons (Fsp3) is 0.318. The molecule has 1 unspecified atom stereocenters. The summed E-state index contributed by atoms with van der Waals surface area (Å²) in [4.78, 5) is 20.5. The number of aryl methyl sites for hydroxylation is 2. The Balaban J connectivity index is 1.41. The lowest BCUT2D eigenvalue weighted by Crippen LogP contribution is -2.46. The highest BCUT2D eigenvalue weighted by Crippen LogP contribution is 2.31. The van der Waals surface area contributed by atoms with Crippen molar-refractivity contribution >= 4 is 23.1 Å². The van der Waals surface area contributed by atoms with Gasteiger partial charge >= 0.3 is 0 Å². The maximum absolute atomic E-state index is 12.0. The molecule has 0 spiro atoms. The smallest absolute Gasteiger partial charge is 0.269 e. The lowest BCUT2D eigenvalue weighted by Gasteiger charge is -2.27. The normalized spacial score (nSPS) is 15.3. The molecule has 5 heterocycles. The number of carbonyl (C=O) groups excluding carboxylic acids is 1. The number of fused-ring (bicyclic) bond motifs is 1. The van der Waals surface area contributed by atoms with Crippen LogP contribution in [0.5, 0.6) is 5.75 Å². The van der Waals surface area contributed by atoms with Crippen molar-refractivity contribution in [2.24, 2.45) is 7.05 Å². The summed E-state index contributed by atoms with van der Waals surface area (Å²) in [6.45, 7) is 3.41. The van der Waals surface area contributed by atoms with Gasteiger partial charge in [0.1, 0.15) is 29.6 Å². The number of anilines is 2. The number of rotatable bonds is 7. The van der Waals surface area contributed by atoms with E-state index in [9.17, 15) is 4.79 Å². The molecule has 3 N–H and O–H groups in total. The van der Waals surface area contributed by atoms with Gasteiger partial charge in [-0.1, -0.05) is 0 Å². The van der Waals surface area contributed by atoms with E-state index in [0.717, 1.165) is 35.5 Å². The average Bonchev–Trinajstić information content (AvgIpc) is 3.33. The predicted octanol–water partition coefficient (Wildman–Crippen LogP) is 1.68. The minimum atomic E-state index is -0.273. The van der Waals surface area contributed by atoms with Crippen LogP contribution in [0.4, 0.5) is 11.6 Å². The molecule has 1 atom stereocenters. The van der Waals surface area contributed by atoms with Gasteiger partial charge in [0.15, 0.2) is 11.6 Å². The van der Waals surface area contributed by atoms with Crippen LogP contribution < -0.4 is 20.7 Å². The van der Waals surface area contributed by atoms with Crippen molar-refractivity contribution in [3.63, 3.8) is 0 Å². The van der Waals surface area contributed by atoms with E-state index in [-0.39, 0.29) is 5.91 Å². The van der Waals surface area contributed by atoms with Crippen LogP contribution in [0, 0.1) is 6.92 Å². The Labute approximate surface area is 190 Å². The summed E-state index contributed by atoms with van der Waals surface area (Å²) in [6.07, 6.45) is 4.77. The minimum absolute atomic E-state index is 0.273. The van der Waals surface area contributed by atoms with Crippen LogP contribution in [0.15, 0.2) is 36.7 Å². The highest BCUT2D eigenvalue weighted by molar-refractivity contribution is 5.92. The summed E-state index contributed by atoms with van der Waals surface area (Å²) >= 11 is 0. The SMILES string of the molecule is CNC(=O)c1cc(Nc2cc3cc(-c4c(OCC5CCN5)cnn4C)ccn3n2)nc(C)n1. The van der Waals surface area contributed by atoms with Crippen molar-refractivity contribution in [1.82, 2.24) is 40.0 Å². The quantitative estimate of drug-likeness (QED) is 0.391. The fourth-order valence-corrected chi connectivity index (χ4v) is 3.74. The average molecular weight is 448 g/mol. The first-order chi connectivity index (χ1) is 16.0. The summed E-state index contributed by atoms with van der Waals surface area (Å²) in [5, 5.41) is 18.0. The topological polar surface area (TPSA) is 123 Å². The highest BCUT2D eigenvalue weighted by atomic mass is 16.5. The van der Waals surface area contributed by atoms with Crippen LogP contribution in [0.3, 0.4) is 0 Å². The van der Waals surface area contributed by atoms with Crippen LogP contribution in [-0.4, -0.2) is 61.5 Å². The van der Waals surface area contributed by atoms with Crippen LogP contribution in [0.2, 0.25) is 0 Å². The van der Waals surface area contributed by atoms with Crippen LogP contribution >= 0.6 is 0 Å². The van der Waals surface area contributed by atoms with Gasteiger partial charge in [-0.3, -0.25) is 9.48 Å². The largest absolute Gasteiger partial charge is 0.488 e. The van der Waals surface area contributed by atoms with Gasteiger partial charge in [0, 0.05) is 44.0 Å². The molecule has 4 aromatic heterocycles. The maximum atomic E-state index is 12.0. The Morgan fingerprint density at radius 2 is 2.12 bits per heavy atom. The van der Waals surface area contributed by atoms with Gasteiger partial charge in [-0.25, -0.2) is 14.5 Å². The summed E-state index contributed by atoms with van der Waals surface area (Å²) in [6, 6.07) is 7.92. The molecular weight excluding hydrogens is 422 g/mol. The van der Waals surface area contributed by atoms with E-state index in [1.807, 2.05) is 36.1 Å². The van der Waals surface area contributed by atoms with E-state index in [2.05, 4.69) is 36.1 Å². The van der Waals surface area contributed by atoms with Gasteiger partial charge < -0.3 is 20.7 Å². The number of amides is 1. The van der Waals surface area contributed by atoms with Crippen molar-refractivity contribution in [3.05, 3.63) is 48.2 Å². The molecule has 0 aliphatic carbocycles. The number of nitrogens with zero attached hydrogens (tertiary/aromatic N) is 6. The first-order valence-corrected chi connectivity index (χ1v) is 10.7. The maximum Gasteiger partial charge on any atom is 0.269 e. The Hall–Kier alpha value is -3.99. The molecule has 1 amide bonds. The molecule has 1 saturated heterocycles. The molecule has 0 aromatic carbocycles. The summed E-state index contributed by atoms with van der Waals surface area (Å²) in [5.74, 6) is 2.07. The molecule has 11 nitrogen and oxygen atoms in total. The van der Waals surface area contributed by atoms with Crippen LogP contribution in [-0.2, 0) is 7.05 Å². The third-order valence-electron chi connectivity index (χ3n) is 5.56. The zero-order chi connectivity index (χ0) is 22.9. The van der Waals surface area contributed by atoms with E-state index in [4.69, 9.17) is 4.74 Å². The van der Waals surface area contributed by atoms with Crippen molar-refractivity contribution in [2.45, 2.75) is 19.4 Å². The molecule has 0 saturated carbocycles. The van der Waals surface area contributed by atoms with Gasteiger partial charge in [0.05, 0.1) is 11.7 Å². The number of hydrogen-bond acceptors (Lipinski definition) is 8. The van der Waals surface area contributed by atoms with Gasteiger partial charge in [0.25, 0.3) is 5.91 Å². The van der Waals surface area contributed by atoms with Crippen LogP contribution in [0.25, 0.3) is 16.8 Å². The molecule has 33 heavy (non-hydrogen) atoms. The molecule has 4 aromatic rings. The third-order valence-corrected chi connectivity index (χ3v) is 5.56. The molecule has 170 valence electrons. The molecule has 1 aliphatic rings. The van der Waals surface area contributed by atoms with E-state index in [1.54, 1.807) is 30.8 Å². The number of hydrogen-bond donors (Lipinski definition) is 3. The van der Waals surface area contributed by atoms with Crippen molar-refractivity contribution < 1.29 is 9.53 Å². The van der Waals surface area contributed by atoms with E-state index < -0.39 is 0 Å². The Kier molecular flexibility index (Phi) is 5.38. The van der Waals surface area contributed by atoms with E-state index in [1.165, 1.54) is 0 Å². The molecule has 0 radical (unpaired) electrons. The molecule has 11 heteroatoms. The number of ether oxygens (including phenoxy) is 1. The van der Waals surface area contributed by atoms with Crippen molar-refractivity contribution in [1.29, 1.82) is 0 Å². The van der Waals surface area contributed by atoms with Crippen molar-refractivity contribution in [2.75, 3.05) is 25.5 Å². The first-order valence-electron chi connectivity index (χ1n) is 10.7. The second kappa shape index (κ2) is 8.51. The number of nitrogens with one attached hydrogen (secondary N) is 3. The lowest BCUT2D eigenvalue weighted by molar-refractivity contribution is 0.0958. The minimum Gasteiger partial charge on any atom is -0.488 e. The second-order valence-corrected chi connectivity index (χ2v) is 7.94. The second-order valence-electron chi connectivity index (χ2n) is 7.94. The zero-order valence-electron chi connectivity index (χ0n) is 18.7. The highest BCUT2D eigenvalue weighted by Gasteiger charge is 2.20. The van der Waals surface area contributed by atoms with Gasteiger partial charge in [-0.2, -0.15) is 10.2 Å². The number of aromatic nitrogens is 6. The first kappa shape index (κ1) is 20.9. The lowest BCUT2D eigenvalue weighted by atomic mass is 10.1. The summed E-state index contributed by atoms with van der Waals surface area (Å²) < 4.78 is 9.62. The van der Waals surface area contributed by atoms with Crippen molar-refractivity contribution in [3.8, 4) is 17.0 Å². The molecule has 1 aliphatic heterocycles. The Morgan fingerprint density at radius 1 is 1.27 bits per heavy atom. The molecule has 0 bridgehead atoms. The Bertz CT molecular complexity index is 1320. The predicted molar refractivity (Wildman–Crippen MR) is 123 cm³/mol. The van der Waals surface area contributed by atoms with E-state index in [0.29, 0.717) is 35.8 Å². The third kappa shape index (κ3) is 4.22. The molecular formula is C22H25N9O2. The number of pyridine rings is 1. The molecule has 5 rings (SSSR count). The monoisotopic (exact) mass is 447 g/mol. The summed E-state index contributed by atoms with van der Waals surface area (Å²) in [7, 11) is 3.47. The van der Waals surface area contributed by atoms with Crippen LogP contribution in [0.1, 0.15) is 22.7 Å². The standard InChI is InChI=1S/C22H25N9O2/c1-13-26-17(22(32)23-2)10-19(27-13)28-20-9-16-8-14(5-7-31(16)29-20)21-18(11-25-30(21)3)33-12-15-4-6-24-15/h5,7-11,15,24H,4,6,12H2,1-3H3,(H,23,32)(H,26,27,28,29).